The number of ketones is 1. The Kier molecular flexibility index (Phi) is 4.38. The molecule has 0 saturated carbocycles. The fraction of sp³-hybridized carbons (Fsp3) is 0.750. The van der Waals surface area contributed by atoms with Gasteiger partial charge in [-0.3, -0.25) is 4.79 Å². The van der Waals surface area contributed by atoms with E-state index in [1.807, 2.05) is 0 Å². The molecule has 13 heavy (non-hydrogen) atoms. The van der Waals surface area contributed by atoms with Crippen LogP contribution in [-0.2, 0) is 4.79 Å². The van der Waals surface area contributed by atoms with Gasteiger partial charge >= 0.3 is 0 Å². The summed E-state index contributed by atoms with van der Waals surface area (Å²) in [6.07, 6.45) is 1.73. The van der Waals surface area contributed by atoms with E-state index in [1.54, 1.807) is 6.92 Å². The van der Waals surface area contributed by atoms with Gasteiger partial charge in [0.15, 0.2) is 5.78 Å². The third-order valence-electron chi connectivity index (χ3n) is 1.97. The second kappa shape index (κ2) is 4.59. The second-order valence-corrected chi connectivity index (χ2v) is 5.28. The Hall–Kier alpha value is -0.590. The van der Waals surface area contributed by atoms with Crippen LogP contribution in [0.5, 0.6) is 0 Å². The Bertz CT molecular complexity index is 196. The van der Waals surface area contributed by atoms with Gasteiger partial charge in [-0.1, -0.05) is 34.3 Å². The lowest BCUT2D eigenvalue weighted by atomic mass is 9.83. The fourth-order valence-electron chi connectivity index (χ4n) is 1.61. The summed E-state index contributed by atoms with van der Waals surface area (Å²) in [6.45, 7) is 14.2. The standard InChI is InChI=1S/C12H22O/c1-9(2)11(13)7-10(3)8-12(4,5)6/h10H,1,7-8H2,2-6H3. The molecular formula is C12H22O. The van der Waals surface area contributed by atoms with Crippen LogP contribution in [0.2, 0.25) is 0 Å². The predicted molar refractivity (Wildman–Crippen MR) is 57.7 cm³/mol. The third-order valence-corrected chi connectivity index (χ3v) is 1.97. The van der Waals surface area contributed by atoms with Gasteiger partial charge in [0.2, 0.25) is 0 Å². The minimum absolute atomic E-state index is 0.205. The topological polar surface area (TPSA) is 17.1 Å². The second-order valence-electron chi connectivity index (χ2n) is 5.28. The van der Waals surface area contributed by atoms with E-state index in [-0.39, 0.29) is 5.78 Å². The summed E-state index contributed by atoms with van der Waals surface area (Å²) in [4.78, 5) is 11.3. The van der Waals surface area contributed by atoms with Crippen molar-refractivity contribution in [1.82, 2.24) is 0 Å². The molecule has 0 fully saturated rings. The van der Waals surface area contributed by atoms with Crippen LogP contribution in [0.1, 0.15) is 47.5 Å². The zero-order chi connectivity index (χ0) is 10.6. The summed E-state index contributed by atoms with van der Waals surface area (Å²) in [5.41, 5.74) is 0.996. The van der Waals surface area contributed by atoms with Gasteiger partial charge in [0.25, 0.3) is 0 Å². The maximum atomic E-state index is 11.3. The largest absolute Gasteiger partial charge is 0.295 e. The van der Waals surface area contributed by atoms with Crippen LogP contribution in [0.4, 0.5) is 0 Å². The molecule has 0 radical (unpaired) electrons. The third kappa shape index (κ3) is 6.56. The van der Waals surface area contributed by atoms with E-state index in [1.165, 1.54) is 0 Å². The van der Waals surface area contributed by atoms with Gasteiger partial charge < -0.3 is 0 Å². The van der Waals surface area contributed by atoms with Crippen molar-refractivity contribution in [2.75, 3.05) is 0 Å². The minimum Gasteiger partial charge on any atom is -0.295 e. The molecule has 0 aliphatic heterocycles. The first-order valence-corrected chi connectivity index (χ1v) is 4.91. The van der Waals surface area contributed by atoms with Crippen molar-refractivity contribution in [1.29, 1.82) is 0 Å². The van der Waals surface area contributed by atoms with Gasteiger partial charge in [0.1, 0.15) is 0 Å². The maximum Gasteiger partial charge on any atom is 0.158 e. The first kappa shape index (κ1) is 12.4. The molecule has 0 aliphatic carbocycles. The molecule has 1 atom stereocenters. The molecule has 0 N–H and O–H groups in total. The van der Waals surface area contributed by atoms with Crippen LogP contribution in [0.15, 0.2) is 12.2 Å². The van der Waals surface area contributed by atoms with Gasteiger partial charge in [-0.15, -0.1) is 0 Å². The molecule has 0 saturated heterocycles. The predicted octanol–water partition coefficient (Wildman–Crippen LogP) is 3.59. The van der Waals surface area contributed by atoms with E-state index >= 15 is 0 Å². The Morgan fingerprint density at radius 2 is 1.85 bits per heavy atom. The average Bonchev–Trinajstić information content (AvgIpc) is 1.81. The number of Topliss-reactive ketones (excluding diaryl/α,β-unsaturated/α-hetero) is 1. The fourth-order valence-corrected chi connectivity index (χ4v) is 1.61. The highest BCUT2D eigenvalue weighted by Gasteiger charge is 2.17. The Morgan fingerprint density at radius 1 is 1.38 bits per heavy atom. The molecule has 0 aromatic carbocycles. The maximum absolute atomic E-state index is 11.3. The van der Waals surface area contributed by atoms with Crippen molar-refractivity contribution < 1.29 is 4.79 Å². The highest BCUT2D eigenvalue weighted by atomic mass is 16.1. The monoisotopic (exact) mass is 182 g/mol. The molecule has 1 unspecified atom stereocenters. The van der Waals surface area contributed by atoms with Crippen molar-refractivity contribution in [2.24, 2.45) is 11.3 Å². The molecule has 0 bridgehead atoms. The van der Waals surface area contributed by atoms with E-state index in [2.05, 4.69) is 34.3 Å². The summed E-state index contributed by atoms with van der Waals surface area (Å²) in [5, 5.41) is 0. The lowest BCUT2D eigenvalue weighted by molar-refractivity contribution is -0.116. The molecule has 0 aliphatic rings. The Balaban J connectivity index is 3.95. The van der Waals surface area contributed by atoms with Crippen molar-refractivity contribution in [2.45, 2.75) is 47.5 Å². The molecule has 76 valence electrons. The number of rotatable bonds is 4. The van der Waals surface area contributed by atoms with Gasteiger partial charge in [-0.05, 0) is 30.3 Å². The smallest absolute Gasteiger partial charge is 0.158 e. The van der Waals surface area contributed by atoms with E-state index in [9.17, 15) is 4.79 Å². The highest BCUT2D eigenvalue weighted by molar-refractivity contribution is 5.94. The van der Waals surface area contributed by atoms with Crippen LogP contribution in [0, 0.1) is 11.3 Å². The first-order chi connectivity index (χ1) is 5.72. The van der Waals surface area contributed by atoms with Crippen LogP contribution >= 0.6 is 0 Å². The zero-order valence-corrected chi connectivity index (χ0v) is 9.61. The van der Waals surface area contributed by atoms with Gasteiger partial charge in [-0.2, -0.15) is 0 Å². The normalized spacial score (nSPS) is 13.9. The number of allylic oxidation sites excluding steroid dienone is 1. The van der Waals surface area contributed by atoms with E-state index in [4.69, 9.17) is 0 Å². The summed E-state index contributed by atoms with van der Waals surface area (Å²) in [6, 6.07) is 0. The molecular weight excluding hydrogens is 160 g/mol. The minimum atomic E-state index is 0.205. The van der Waals surface area contributed by atoms with Crippen LogP contribution in [-0.4, -0.2) is 5.78 Å². The van der Waals surface area contributed by atoms with E-state index in [0.717, 1.165) is 6.42 Å². The summed E-state index contributed by atoms with van der Waals surface area (Å²) in [7, 11) is 0. The lowest BCUT2D eigenvalue weighted by Gasteiger charge is -2.22. The SMILES string of the molecule is C=C(C)C(=O)CC(C)CC(C)(C)C. The molecule has 1 heteroatoms. The molecule has 0 aromatic rings. The molecule has 0 rings (SSSR count). The van der Waals surface area contributed by atoms with E-state index < -0.39 is 0 Å². The summed E-state index contributed by atoms with van der Waals surface area (Å²) >= 11 is 0. The van der Waals surface area contributed by atoms with E-state index in [0.29, 0.717) is 23.3 Å². The number of hydrogen-bond acceptors (Lipinski definition) is 1. The van der Waals surface area contributed by atoms with Crippen LogP contribution in [0.3, 0.4) is 0 Å². The van der Waals surface area contributed by atoms with Gasteiger partial charge in [-0.25, -0.2) is 0 Å². The summed E-state index contributed by atoms with van der Waals surface area (Å²) in [5.74, 6) is 0.668. The van der Waals surface area contributed by atoms with Gasteiger partial charge in [0.05, 0.1) is 0 Å². The average molecular weight is 182 g/mol. The van der Waals surface area contributed by atoms with Crippen molar-refractivity contribution >= 4 is 5.78 Å². The quantitative estimate of drug-likeness (QED) is 0.607. The first-order valence-electron chi connectivity index (χ1n) is 4.91. The van der Waals surface area contributed by atoms with Crippen molar-refractivity contribution in [3.8, 4) is 0 Å². The zero-order valence-electron chi connectivity index (χ0n) is 9.61. The molecule has 0 amide bonds. The molecule has 0 aromatic heterocycles. The Morgan fingerprint density at radius 3 is 2.15 bits per heavy atom. The lowest BCUT2D eigenvalue weighted by Crippen LogP contribution is -2.14. The van der Waals surface area contributed by atoms with Crippen LogP contribution in [0.25, 0.3) is 0 Å². The number of carbonyl (C=O) groups excluding carboxylic acids is 1. The van der Waals surface area contributed by atoms with Crippen LogP contribution < -0.4 is 0 Å². The molecule has 1 nitrogen and oxygen atoms in total. The van der Waals surface area contributed by atoms with Gasteiger partial charge in [0, 0.05) is 6.42 Å². The molecule has 0 heterocycles. The number of carbonyl (C=O) groups is 1. The highest BCUT2D eigenvalue weighted by Crippen LogP contribution is 2.26. The number of hydrogen-bond donors (Lipinski definition) is 0. The van der Waals surface area contributed by atoms with Crippen molar-refractivity contribution in [3.05, 3.63) is 12.2 Å². The Labute approximate surface area is 82.2 Å². The summed E-state index contributed by atoms with van der Waals surface area (Å²) < 4.78 is 0. The molecule has 0 spiro atoms. The van der Waals surface area contributed by atoms with Crippen molar-refractivity contribution in [3.63, 3.8) is 0 Å².